The average molecular weight is 174 g/mol. The Morgan fingerprint density at radius 3 is 2.83 bits per heavy atom. The van der Waals surface area contributed by atoms with Crippen LogP contribution in [0.5, 0.6) is 0 Å². The lowest BCUT2D eigenvalue weighted by Crippen LogP contribution is -2.39. The van der Waals surface area contributed by atoms with Crippen molar-refractivity contribution in [3.05, 3.63) is 0 Å². The SMILES string of the molecule is CCOCCCNC(C)C(N)=O. The van der Waals surface area contributed by atoms with Crippen molar-refractivity contribution in [3.63, 3.8) is 0 Å². The molecule has 0 aliphatic heterocycles. The Balaban J connectivity index is 3.14. The Hall–Kier alpha value is -0.610. The molecule has 0 aromatic heterocycles. The number of carbonyl (C=O) groups excluding carboxylic acids is 1. The van der Waals surface area contributed by atoms with Crippen molar-refractivity contribution in [2.24, 2.45) is 5.73 Å². The number of hydrogen-bond donors (Lipinski definition) is 2. The third kappa shape index (κ3) is 6.12. The minimum absolute atomic E-state index is 0.244. The first-order chi connectivity index (χ1) is 5.68. The first-order valence-corrected chi connectivity index (χ1v) is 4.29. The maximum absolute atomic E-state index is 10.5. The summed E-state index contributed by atoms with van der Waals surface area (Å²) in [5.41, 5.74) is 5.04. The molecule has 0 saturated carbocycles. The smallest absolute Gasteiger partial charge is 0.234 e. The normalized spacial score (nSPS) is 12.8. The first kappa shape index (κ1) is 11.4. The van der Waals surface area contributed by atoms with Gasteiger partial charge in [0.2, 0.25) is 5.91 Å². The summed E-state index contributed by atoms with van der Waals surface area (Å²) in [5, 5.41) is 2.99. The van der Waals surface area contributed by atoms with E-state index in [-0.39, 0.29) is 11.9 Å². The highest BCUT2D eigenvalue weighted by atomic mass is 16.5. The molecular weight excluding hydrogens is 156 g/mol. The second kappa shape index (κ2) is 7.06. The van der Waals surface area contributed by atoms with Crippen LogP contribution in [0.1, 0.15) is 20.3 Å². The number of ether oxygens (including phenoxy) is 1. The number of carbonyl (C=O) groups is 1. The van der Waals surface area contributed by atoms with Gasteiger partial charge in [-0.3, -0.25) is 4.79 Å². The van der Waals surface area contributed by atoms with E-state index >= 15 is 0 Å². The van der Waals surface area contributed by atoms with Crippen molar-refractivity contribution in [2.45, 2.75) is 26.3 Å². The van der Waals surface area contributed by atoms with E-state index in [0.29, 0.717) is 0 Å². The zero-order valence-electron chi connectivity index (χ0n) is 7.80. The fourth-order valence-electron chi connectivity index (χ4n) is 0.738. The molecule has 0 rings (SSSR count). The number of primary amides is 1. The Kier molecular flexibility index (Phi) is 6.70. The Morgan fingerprint density at radius 2 is 2.33 bits per heavy atom. The molecule has 0 aromatic rings. The van der Waals surface area contributed by atoms with Gasteiger partial charge in [0, 0.05) is 13.2 Å². The zero-order chi connectivity index (χ0) is 9.40. The largest absolute Gasteiger partial charge is 0.382 e. The molecule has 0 aliphatic rings. The monoisotopic (exact) mass is 174 g/mol. The number of hydrogen-bond acceptors (Lipinski definition) is 3. The summed E-state index contributed by atoms with van der Waals surface area (Å²) in [6.07, 6.45) is 0.908. The molecule has 4 heteroatoms. The molecular formula is C8H18N2O2. The van der Waals surface area contributed by atoms with Crippen LogP contribution in [0.2, 0.25) is 0 Å². The van der Waals surface area contributed by atoms with Gasteiger partial charge in [-0.05, 0) is 26.8 Å². The van der Waals surface area contributed by atoms with Crippen LogP contribution in [0.25, 0.3) is 0 Å². The predicted octanol–water partition coefficient (Wildman–Crippen LogP) is -0.124. The number of nitrogens with two attached hydrogens (primary N) is 1. The first-order valence-electron chi connectivity index (χ1n) is 4.29. The molecule has 0 bridgehead atoms. The predicted molar refractivity (Wildman–Crippen MR) is 47.8 cm³/mol. The zero-order valence-corrected chi connectivity index (χ0v) is 7.80. The minimum Gasteiger partial charge on any atom is -0.382 e. The highest BCUT2D eigenvalue weighted by Gasteiger charge is 2.05. The third-order valence-electron chi connectivity index (χ3n) is 1.55. The van der Waals surface area contributed by atoms with Crippen LogP contribution in [0, 0.1) is 0 Å². The second-order valence-electron chi connectivity index (χ2n) is 2.63. The maximum Gasteiger partial charge on any atom is 0.234 e. The molecule has 1 atom stereocenters. The fraction of sp³-hybridized carbons (Fsp3) is 0.875. The molecule has 0 aromatic carbocycles. The van der Waals surface area contributed by atoms with E-state index in [1.807, 2.05) is 6.92 Å². The number of nitrogens with one attached hydrogen (secondary N) is 1. The molecule has 12 heavy (non-hydrogen) atoms. The molecule has 0 saturated heterocycles. The van der Waals surface area contributed by atoms with Crippen LogP contribution in [-0.4, -0.2) is 31.7 Å². The summed E-state index contributed by atoms with van der Waals surface area (Å²) in [6.45, 7) is 5.95. The third-order valence-corrected chi connectivity index (χ3v) is 1.55. The van der Waals surface area contributed by atoms with E-state index in [9.17, 15) is 4.79 Å². The van der Waals surface area contributed by atoms with Gasteiger partial charge >= 0.3 is 0 Å². The molecule has 1 unspecified atom stereocenters. The van der Waals surface area contributed by atoms with Gasteiger partial charge in [-0.15, -0.1) is 0 Å². The van der Waals surface area contributed by atoms with Gasteiger partial charge in [-0.1, -0.05) is 0 Å². The minimum atomic E-state index is -0.314. The van der Waals surface area contributed by atoms with E-state index in [4.69, 9.17) is 10.5 Å². The van der Waals surface area contributed by atoms with Crippen molar-refractivity contribution in [1.82, 2.24) is 5.32 Å². The summed E-state index contributed by atoms with van der Waals surface area (Å²) in [7, 11) is 0. The van der Waals surface area contributed by atoms with E-state index < -0.39 is 0 Å². The number of amides is 1. The summed E-state index contributed by atoms with van der Waals surface area (Å²) < 4.78 is 5.12. The molecule has 0 fully saturated rings. The summed E-state index contributed by atoms with van der Waals surface area (Å²) >= 11 is 0. The van der Waals surface area contributed by atoms with Crippen LogP contribution in [0.4, 0.5) is 0 Å². The van der Waals surface area contributed by atoms with Gasteiger partial charge in [0.25, 0.3) is 0 Å². The van der Waals surface area contributed by atoms with Gasteiger partial charge in [-0.25, -0.2) is 0 Å². The lowest BCUT2D eigenvalue weighted by atomic mass is 10.3. The molecule has 0 aliphatic carbocycles. The molecule has 0 spiro atoms. The summed E-state index contributed by atoms with van der Waals surface area (Å²) in [5.74, 6) is -0.314. The highest BCUT2D eigenvalue weighted by Crippen LogP contribution is 1.83. The van der Waals surface area contributed by atoms with Crippen molar-refractivity contribution >= 4 is 5.91 Å². The van der Waals surface area contributed by atoms with Gasteiger partial charge < -0.3 is 15.8 Å². The van der Waals surface area contributed by atoms with Crippen LogP contribution in [0.15, 0.2) is 0 Å². The Labute approximate surface area is 73.5 Å². The van der Waals surface area contributed by atoms with Crippen LogP contribution in [0.3, 0.4) is 0 Å². The molecule has 0 heterocycles. The van der Waals surface area contributed by atoms with Gasteiger partial charge in [-0.2, -0.15) is 0 Å². The van der Waals surface area contributed by atoms with Crippen molar-refractivity contribution < 1.29 is 9.53 Å². The van der Waals surface area contributed by atoms with Crippen molar-refractivity contribution in [3.8, 4) is 0 Å². The quantitative estimate of drug-likeness (QED) is 0.529. The lowest BCUT2D eigenvalue weighted by Gasteiger charge is -2.09. The summed E-state index contributed by atoms with van der Waals surface area (Å²) in [6, 6.07) is -0.244. The Bertz CT molecular complexity index is 128. The molecule has 0 radical (unpaired) electrons. The fourth-order valence-corrected chi connectivity index (χ4v) is 0.738. The van der Waals surface area contributed by atoms with Gasteiger partial charge in [0.1, 0.15) is 0 Å². The van der Waals surface area contributed by atoms with E-state index in [1.165, 1.54) is 0 Å². The molecule has 1 amide bonds. The van der Waals surface area contributed by atoms with E-state index in [0.717, 1.165) is 26.2 Å². The standard InChI is InChI=1S/C8H18N2O2/c1-3-12-6-4-5-10-7(2)8(9)11/h7,10H,3-6H2,1-2H3,(H2,9,11). The van der Waals surface area contributed by atoms with Crippen molar-refractivity contribution in [2.75, 3.05) is 19.8 Å². The van der Waals surface area contributed by atoms with E-state index in [2.05, 4.69) is 5.32 Å². The van der Waals surface area contributed by atoms with Gasteiger partial charge in [0.15, 0.2) is 0 Å². The maximum atomic E-state index is 10.5. The molecule has 3 N–H and O–H groups in total. The van der Waals surface area contributed by atoms with Crippen LogP contribution >= 0.6 is 0 Å². The Morgan fingerprint density at radius 1 is 1.67 bits per heavy atom. The summed E-state index contributed by atoms with van der Waals surface area (Å²) in [4.78, 5) is 10.5. The molecule has 4 nitrogen and oxygen atoms in total. The lowest BCUT2D eigenvalue weighted by molar-refractivity contribution is -0.119. The van der Waals surface area contributed by atoms with Crippen LogP contribution in [-0.2, 0) is 9.53 Å². The second-order valence-corrected chi connectivity index (χ2v) is 2.63. The highest BCUT2D eigenvalue weighted by molar-refractivity contribution is 5.79. The van der Waals surface area contributed by atoms with Crippen molar-refractivity contribution in [1.29, 1.82) is 0 Å². The average Bonchev–Trinajstić information content (AvgIpc) is 2.03. The van der Waals surface area contributed by atoms with Crippen LogP contribution < -0.4 is 11.1 Å². The van der Waals surface area contributed by atoms with Gasteiger partial charge in [0.05, 0.1) is 6.04 Å². The molecule has 72 valence electrons. The van der Waals surface area contributed by atoms with E-state index in [1.54, 1.807) is 6.92 Å². The number of rotatable bonds is 7. The topological polar surface area (TPSA) is 64.3 Å².